The van der Waals surface area contributed by atoms with Crippen molar-refractivity contribution in [3.8, 4) is 0 Å². The highest BCUT2D eigenvalue weighted by Gasteiger charge is 2.48. The summed E-state index contributed by atoms with van der Waals surface area (Å²) in [7, 11) is 0. The fraction of sp³-hybridized carbons (Fsp3) is 0.591. The van der Waals surface area contributed by atoms with Crippen molar-refractivity contribution in [1.29, 1.82) is 0 Å². The molecule has 1 saturated carbocycles. The lowest BCUT2D eigenvalue weighted by Crippen LogP contribution is -2.41. The first-order valence-corrected chi connectivity index (χ1v) is 11.0. The highest BCUT2D eigenvalue weighted by Crippen LogP contribution is 2.41. The summed E-state index contributed by atoms with van der Waals surface area (Å²) < 4.78 is 8.95. The first-order valence-electron chi connectivity index (χ1n) is 10.2. The average Bonchev–Trinajstić information content (AvgIpc) is 3.15. The predicted octanol–water partition coefficient (Wildman–Crippen LogP) is 5.78. The van der Waals surface area contributed by atoms with E-state index in [0.29, 0.717) is 18.2 Å². The lowest BCUT2D eigenvalue weighted by molar-refractivity contribution is 0.00413. The van der Waals surface area contributed by atoms with Crippen LogP contribution in [0.15, 0.2) is 22.9 Å². The molecular weight excluding hydrogens is 432 g/mol. The van der Waals surface area contributed by atoms with E-state index in [4.69, 9.17) is 11.3 Å². The monoisotopic (exact) mass is 458 g/mol. The molecule has 6 nitrogen and oxygen atoms in total. The highest BCUT2D eigenvalue weighted by molar-refractivity contribution is 9.10. The van der Waals surface area contributed by atoms with Gasteiger partial charge in [0.15, 0.2) is 5.69 Å². The average molecular weight is 459 g/mol. The largest absolute Gasteiger partial charge is 0.441 e. The van der Waals surface area contributed by atoms with E-state index < -0.39 is 0 Å². The molecule has 1 aromatic carbocycles. The van der Waals surface area contributed by atoms with Crippen LogP contribution < -0.4 is 0 Å². The second kappa shape index (κ2) is 7.32. The van der Waals surface area contributed by atoms with Crippen molar-refractivity contribution in [1.82, 2.24) is 14.5 Å². The Morgan fingerprint density at radius 1 is 1.41 bits per heavy atom. The van der Waals surface area contributed by atoms with Gasteiger partial charge in [0, 0.05) is 17.6 Å². The minimum Gasteiger partial charge on any atom is -0.441 e. The van der Waals surface area contributed by atoms with Gasteiger partial charge in [0.2, 0.25) is 0 Å². The number of hydrogen-bond donors (Lipinski definition) is 0. The van der Waals surface area contributed by atoms with Crippen LogP contribution in [-0.2, 0) is 11.3 Å². The van der Waals surface area contributed by atoms with Gasteiger partial charge in [0.1, 0.15) is 11.1 Å². The molecule has 0 bridgehead atoms. The second-order valence-corrected chi connectivity index (χ2v) is 10.6. The molecular formula is C22H27BrN4O2. The third-order valence-electron chi connectivity index (χ3n) is 5.86. The fourth-order valence-electron chi connectivity index (χ4n) is 4.82. The highest BCUT2D eigenvalue weighted by atomic mass is 79.9. The molecule has 1 amide bonds. The van der Waals surface area contributed by atoms with Crippen molar-refractivity contribution < 1.29 is 9.53 Å². The van der Waals surface area contributed by atoms with Gasteiger partial charge >= 0.3 is 6.09 Å². The number of ether oxygens (including phenoxy) is 1. The Labute approximate surface area is 180 Å². The molecule has 0 N–H and O–H groups in total. The smallest absolute Gasteiger partial charge is 0.410 e. The summed E-state index contributed by atoms with van der Waals surface area (Å²) >= 11 is 3.53. The molecule has 154 valence electrons. The summed E-state index contributed by atoms with van der Waals surface area (Å²) in [5, 5.41) is 0. The number of rotatable bonds is 3. The summed E-state index contributed by atoms with van der Waals surface area (Å²) in [4.78, 5) is 22.5. The van der Waals surface area contributed by atoms with E-state index in [-0.39, 0.29) is 17.1 Å². The Balaban J connectivity index is 1.52. The number of amides is 1. The van der Waals surface area contributed by atoms with Crippen molar-refractivity contribution in [3.63, 3.8) is 0 Å². The molecule has 2 aromatic rings. The first-order chi connectivity index (χ1) is 13.7. The molecule has 1 aliphatic heterocycles. The summed E-state index contributed by atoms with van der Waals surface area (Å²) in [6.07, 6.45) is 5.68. The van der Waals surface area contributed by atoms with E-state index in [2.05, 4.69) is 51.1 Å². The summed E-state index contributed by atoms with van der Waals surface area (Å²) in [5.74, 6) is 0.416. The Morgan fingerprint density at radius 2 is 2.21 bits per heavy atom. The standard InChI is InChI=1S/C22H27BrN4O2/c1-21(2,3)12-27-13-22(29-20(27)28)7-5-6-15(10-22)11-26-14-25-19-17(23)8-16(24-4)9-18(19)26/h8-9,14-15H,5-7,10-13H2,1-3H3/t15-,22-/m0/s1. The number of aromatic nitrogens is 2. The summed E-state index contributed by atoms with van der Waals surface area (Å²) in [6, 6.07) is 3.71. The molecule has 4 rings (SSSR count). The molecule has 1 saturated heterocycles. The number of nitrogens with zero attached hydrogens (tertiary/aromatic N) is 4. The molecule has 7 heteroatoms. The van der Waals surface area contributed by atoms with Crippen molar-refractivity contribution in [3.05, 3.63) is 34.3 Å². The van der Waals surface area contributed by atoms with Gasteiger partial charge in [0.25, 0.3) is 0 Å². The Morgan fingerprint density at radius 3 is 2.93 bits per heavy atom. The quantitative estimate of drug-likeness (QED) is 0.547. The van der Waals surface area contributed by atoms with E-state index in [0.717, 1.165) is 54.3 Å². The van der Waals surface area contributed by atoms with Crippen LogP contribution in [0.1, 0.15) is 46.5 Å². The van der Waals surface area contributed by atoms with Gasteiger partial charge in [0.05, 0.1) is 25.0 Å². The lowest BCUT2D eigenvalue weighted by Gasteiger charge is -2.36. The number of hydrogen-bond acceptors (Lipinski definition) is 3. The number of carbonyl (C=O) groups excluding carboxylic acids is 1. The van der Waals surface area contributed by atoms with E-state index in [1.807, 2.05) is 23.4 Å². The van der Waals surface area contributed by atoms with Crippen molar-refractivity contribution in [2.75, 3.05) is 13.1 Å². The van der Waals surface area contributed by atoms with Gasteiger partial charge in [-0.3, -0.25) is 0 Å². The van der Waals surface area contributed by atoms with Crippen LogP contribution in [0.5, 0.6) is 0 Å². The molecule has 1 aliphatic carbocycles. The van der Waals surface area contributed by atoms with Gasteiger partial charge in [-0.25, -0.2) is 14.6 Å². The summed E-state index contributed by atoms with van der Waals surface area (Å²) in [5.41, 5.74) is 2.16. The van der Waals surface area contributed by atoms with Crippen LogP contribution >= 0.6 is 15.9 Å². The fourth-order valence-corrected chi connectivity index (χ4v) is 5.36. The molecule has 2 heterocycles. The third-order valence-corrected chi connectivity index (χ3v) is 6.46. The molecule has 1 aromatic heterocycles. The predicted molar refractivity (Wildman–Crippen MR) is 116 cm³/mol. The second-order valence-electron chi connectivity index (χ2n) is 9.73. The Bertz CT molecular complexity index is 987. The normalized spacial score (nSPS) is 24.9. The number of imidazole rings is 1. The van der Waals surface area contributed by atoms with E-state index >= 15 is 0 Å². The Kier molecular flexibility index (Phi) is 5.10. The zero-order valence-corrected chi connectivity index (χ0v) is 18.8. The topological polar surface area (TPSA) is 51.7 Å². The molecule has 1 spiro atoms. The molecule has 29 heavy (non-hydrogen) atoms. The lowest BCUT2D eigenvalue weighted by atomic mass is 9.77. The number of carbonyl (C=O) groups is 1. The maximum atomic E-state index is 12.5. The van der Waals surface area contributed by atoms with Gasteiger partial charge in [-0.15, -0.1) is 0 Å². The van der Waals surface area contributed by atoms with Crippen LogP contribution in [0, 0.1) is 17.9 Å². The molecule has 2 aliphatic rings. The van der Waals surface area contributed by atoms with Gasteiger partial charge in [-0.1, -0.05) is 20.8 Å². The maximum Gasteiger partial charge on any atom is 0.410 e. The van der Waals surface area contributed by atoms with Crippen LogP contribution in [0.4, 0.5) is 10.5 Å². The zero-order chi connectivity index (χ0) is 20.8. The van der Waals surface area contributed by atoms with Gasteiger partial charge in [-0.05, 0) is 65.1 Å². The minimum atomic E-state index is -0.357. The van der Waals surface area contributed by atoms with E-state index in [1.54, 1.807) is 0 Å². The Hall–Kier alpha value is -2.07. The maximum absolute atomic E-state index is 12.5. The zero-order valence-electron chi connectivity index (χ0n) is 17.2. The van der Waals surface area contributed by atoms with Crippen LogP contribution in [0.3, 0.4) is 0 Å². The van der Waals surface area contributed by atoms with Crippen molar-refractivity contribution in [2.24, 2.45) is 11.3 Å². The van der Waals surface area contributed by atoms with Crippen molar-refractivity contribution in [2.45, 2.75) is 58.6 Å². The molecule has 0 radical (unpaired) electrons. The first kappa shape index (κ1) is 20.2. The van der Waals surface area contributed by atoms with Crippen LogP contribution in [0.2, 0.25) is 0 Å². The van der Waals surface area contributed by atoms with E-state index in [9.17, 15) is 4.79 Å². The number of halogens is 1. The minimum absolute atomic E-state index is 0.0579. The molecule has 2 atom stereocenters. The number of benzene rings is 1. The summed E-state index contributed by atoms with van der Waals surface area (Å²) in [6.45, 7) is 16.0. The van der Waals surface area contributed by atoms with Crippen LogP contribution in [0.25, 0.3) is 15.9 Å². The van der Waals surface area contributed by atoms with Gasteiger partial charge < -0.3 is 14.2 Å². The number of fused-ring (bicyclic) bond motifs is 1. The third kappa shape index (κ3) is 4.13. The molecule has 2 fully saturated rings. The SMILES string of the molecule is [C-]#[N+]c1cc(Br)c2ncn(C[C@H]3CCC[C@]4(C3)CN(CC(C)(C)C)C(=O)O4)c2c1. The van der Waals surface area contributed by atoms with Crippen LogP contribution in [-0.4, -0.2) is 39.2 Å². The van der Waals surface area contributed by atoms with Crippen molar-refractivity contribution >= 4 is 38.7 Å². The molecule has 0 unspecified atom stereocenters. The van der Waals surface area contributed by atoms with E-state index in [1.165, 1.54) is 0 Å². The van der Waals surface area contributed by atoms with Gasteiger partial charge in [-0.2, -0.15) is 0 Å².